The zero-order chi connectivity index (χ0) is 19.7. The van der Waals surface area contributed by atoms with Gasteiger partial charge in [-0.2, -0.15) is 0 Å². The number of rotatable bonds is 4. The second-order valence-electron chi connectivity index (χ2n) is 6.98. The third-order valence-electron chi connectivity index (χ3n) is 5.12. The number of fused-ring (bicyclic) bond motifs is 1. The molecule has 0 unspecified atom stereocenters. The van der Waals surface area contributed by atoms with Crippen LogP contribution in [0.5, 0.6) is 0 Å². The molecule has 1 aliphatic rings. The Balaban J connectivity index is 1.73. The van der Waals surface area contributed by atoms with Gasteiger partial charge in [-0.25, -0.2) is 9.97 Å². The zero-order valence-electron chi connectivity index (χ0n) is 16.0. The number of aliphatic hydroxyl groups excluding tert-OH is 1. The van der Waals surface area contributed by atoms with E-state index in [2.05, 4.69) is 9.97 Å². The molecule has 1 aromatic heterocycles. The second kappa shape index (κ2) is 7.66. The van der Waals surface area contributed by atoms with Crippen LogP contribution < -0.4 is 0 Å². The first-order chi connectivity index (χ1) is 13.6. The van der Waals surface area contributed by atoms with E-state index >= 15 is 0 Å². The minimum atomic E-state index is -0.652. The van der Waals surface area contributed by atoms with Gasteiger partial charge in [-0.1, -0.05) is 30.3 Å². The molecule has 4 rings (SSSR count). The fourth-order valence-electron chi connectivity index (χ4n) is 3.74. The molecule has 0 spiro atoms. The number of likely N-dealkylation sites (N-methyl/N-ethyl adjacent to an activating group) is 1. The van der Waals surface area contributed by atoms with Gasteiger partial charge in [0.25, 0.3) is 5.91 Å². The molecule has 0 bridgehead atoms. The van der Waals surface area contributed by atoms with Crippen molar-refractivity contribution in [3.05, 3.63) is 59.9 Å². The van der Waals surface area contributed by atoms with E-state index in [1.54, 1.807) is 11.0 Å². The first-order valence-corrected chi connectivity index (χ1v) is 9.49. The summed E-state index contributed by atoms with van der Waals surface area (Å²) in [5.74, 6) is 0.570. The number of hydrogen-bond acceptors (Lipinski definition) is 5. The molecule has 3 aromatic rings. The summed E-state index contributed by atoms with van der Waals surface area (Å²) >= 11 is 0. The van der Waals surface area contributed by atoms with E-state index < -0.39 is 6.10 Å². The molecule has 0 radical (unpaired) electrons. The summed E-state index contributed by atoms with van der Waals surface area (Å²) in [5.41, 5.74) is 3.12. The lowest BCUT2D eigenvalue weighted by Gasteiger charge is -2.29. The lowest BCUT2D eigenvalue weighted by Crippen LogP contribution is -2.46. The van der Waals surface area contributed by atoms with E-state index in [0.29, 0.717) is 24.5 Å². The lowest BCUT2D eigenvalue weighted by atomic mass is 10.0. The van der Waals surface area contributed by atoms with Crippen LogP contribution in [0, 0.1) is 6.92 Å². The highest BCUT2D eigenvalue weighted by Crippen LogP contribution is 2.27. The van der Waals surface area contributed by atoms with Gasteiger partial charge in [0.1, 0.15) is 5.82 Å². The summed E-state index contributed by atoms with van der Waals surface area (Å²) in [6.07, 6.45) is -0.652. The number of benzene rings is 2. The largest absolute Gasteiger partial charge is 0.388 e. The third-order valence-corrected chi connectivity index (χ3v) is 5.12. The van der Waals surface area contributed by atoms with E-state index in [1.165, 1.54) is 0 Å². The quantitative estimate of drug-likeness (QED) is 0.757. The molecule has 2 heterocycles. The van der Waals surface area contributed by atoms with Gasteiger partial charge < -0.3 is 14.7 Å². The van der Waals surface area contributed by atoms with E-state index in [-0.39, 0.29) is 18.6 Å². The molecule has 6 heteroatoms. The molecule has 28 heavy (non-hydrogen) atoms. The smallest absolute Gasteiger partial charge is 0.254 e. The number of ether oxygens (including phenoxy) is 1. The number of carbonyl (C=O) groups is 1. The van der Waals surface area contributed by atoms with E-state index in [9.17, 15) is 9.90 Å². The Hall–Kier alpha value is -2.83. The maximum atomic E-state index is 13.1. The summed E-state index contributed by atoms with van der Waals surface area (Å²) < 4.78 is 5.33. The third kappa shape index (κ3) is 3.37. The number of hydrogen-bond donors (Lipinski definition) is 1. The van der Waals surface area contributed by atoms with Gasteiger partial charge in [0.05, 0.1) is 36.6 Å². The number of aryl methyl sites for hydroxylation is 1. The van der Waals surface area contributed by atoms with Crippen molar-refractivity contribution in [2.75, 3.05) is 19.8 Å². The predicted molar refractivity (Wildman–Crippen MR) is 107 cm³/mol. The monoisotopic (exact) mass is 377 g/mol. The molecule has 6 nitrogen and oxygen atoms in total. The van der Waals surface area contributed by atoms with Crippen molar-refractivity contribution in [2.24, 2.45) is 0 Å². The first kappa shape index (κ1) is 18.5. The Morgan fingerprint density at radius 3 is 2.75 bits per heavy atom. The average molecular weight is 377 g/mol. The fourth-order valence-corrected chi connectivity index (χ4v) is 3.74. The zero-order valence-corrected chi connectivity index (χ0v) is 16.0. The molecule has 2 aromatic carbocycles. The van der Waals surface area contributed by atoms with Crippen LogP contribution in [0.1, 0.15) is 23.1 Å². The number of amides is 1. The Labute approximate surface area is 163 Å². The Morgan fingerprint density at radius 2 is 2.00 bits per heavy atom. The number of para-hydroxylation sites is 1. The molecule has 0 saturated carbocycles. The van der Waals surface area contributed by atoms with Crippen LogP contribution in [0.25, 0.3) is 22.2 Å². The van der Waals surface area contributed by atoms with Crippen molar-refractivity contribution in [1.82, 2.24) is 14.9 Å². The van der Waals surface area contributed by atoms with Crippen LogP contribution in [0.15, 0.2) is 48.5 Å². The van der Waals surface area contributed by atoms with Crippen LogP contribution in [0.4, 0.5) is 0 Å². The maximum Gasteiger partial charge on any atom is 0.254 e. The highest BCUT2D eigenvalue weighted by molar-refractivity contribution is 5.98. The van der Waals surface area contributed by atoms with Crippen LogP contribution in [0.2, 0.25) is 0 Å². The molecular formula is C22H23N3O3. The molecule has 1 N–H and O–H groups in total. The van der Waals surface area contributed by atoms with Gasteiger partial charge >= 0.3 is 0 Å². The average Bonchev–Trinajstić information content (AvgIpc) is 3.13. The van der Waals surface area contributed by atoms with Crippen molar-refractivity contribution in [1.29, 1.82) is 0 Å². The number of aromatic nitrogens is 2. The molecule has 1 amide bonds. The van der Waals surface area contributed by atoms with Crippen LogP contribution in [-0.4, -0.2) is 57.8 Å². The van der Waals surface area contributed by atoms with E-state index in [4.69, 9.17) is 4.74 Å². The van der Waals surface area contributed by atoms with Gasteiger partial charge in [-0.05, 0) is 32.0 Å². The van der Waals surface area contributed by atoms with Crippen LogP contribution >= 0.6 is 0 Å². The minimum absolute atomic E-state index is 0.117. The minimum Gasteiger partial charge on any atom is -0.388 e. The van der Waals surface area contributed by atoms with Crippen molar-refractivity contribution < 1.29 is 14.6 Å². The molecule has 1 saturated heterocycles. The van der Waals surface area contributed by atoms with Crippen molar-refractivity contribution in [3.63, 3.8) is 0 Å². The second-order valence-corrected chi connectivity index (χ2v) is 6.98. The van der Waals surface area contributed by atoms with Gasteiger partial charge in [0.15, 0.2) is 0 Å². The van der Waals surface area contributed by atoms with E-state index in [1.807, 2.05) is 56.3 Å². The lowest BCUT2D eigenvalue weighted by molar-refractivity contribution is 0.0520. The van der Waals surface area contributed by atoms with Gasteiger partial charge in [0.2, 0.25) is 0 Å². The highest BCUT2D eigenvalue weighted by Gasteiger charge is 2.34. The van der Waals surface area contributed by atoms with Crippen LogP contribution in [-0.2, 0) is 4.74 Å². The maximum absolute atomic E-state index is 13.1. The summed E-state index contributed by atoms with van der Waals surface area (Å²) in [6, 6.07) is 15.0. The van der Waals surface area contributed by atoms with Crippen molar-refractivity contribution in [3.8, 4) is 11.3 Å². The summed E-state index contributed by atoms with van der Waals surface area (Å²) in [7, 11) is 0. The Kier molecular flexibility index (Phi) is 5.07. The molecule has 1 aliphatic heterocycles. The van der Waals surface area contributed by atoms with Gasteiger partial charge in [0, 0.05) is 23.1 Å². The molecule has 1 fully saturated rings. The topological polar surface area (TPSA) is 75.6 Å². The number of nitrogens with zero attached hydrogens (tertiary/aromatic N) is 3. The highest BCUT2D eigenvalue weighted by atomic mass is 16.5. The summed E-state index contributed by atoms with van der Waals surface area (Å²) in [4.78, 5) is 24.0. The fraction of sp³-hybridized carbons (Fsp3) is 0.318. The summed E-state index contributed by atoms with van der Waals surface area (Å²) in [6.45, 7) is 4.90. The summed E-state index contributed by atoms with van der Waals surface area (Å²) in [5, 5.41) is 11.1. The molecule has 0 aliphatic carbocycles. The van der Waals surface area contributed by atoms with Gasteiger partial charge in [-0.3, -0.25) is 4.79 Å². The predicted octanol–water partition coefficient (Wildman–Crippen LogP) is 2.83. The Bertz CT molecular complexity index is 1020. The van der Waals surface area contributed by atoms with Crippen molar-refractivity contribution >= 4 is 16.8 Å². The molecule has 144 valence electrons. The molecular weight excluding hydrogens is 354 g/mol. The Morgan fingerprint density at radius 1 is 1.18 bits per heavy atom. The van der Waals surface area contributed by atoms with Crippen LogP contribution in [0.3, 0.4) is 0 Å². The number of carbonyl (C=O) groups excluding carboxylic acids is 1. The van der Waals surface area contributed by atoms with E-state index in [0.717, 1.165) is 22.2 Å². The van der Waals surface area contributed by atoms with Gasteiger partial charge in [-0.15, -0.1) is 0 Å². The van der Waals surface area contributed by atoms with Crippen molar-refractivity contribution in [2.45, 2.75) is 26.0 Å². The molecule has 2 atom stereocenters. The first-order valence-electron chi connectivity index (χ1n) is 9.49. The SMILES string of the molecule is CCN(C(=O)c1cccc(-c2nc(C)nc3ccccc23)c1)[C@H]1COC[C@@H]1O. The standard InChI is InChI=1S/C22H23N3O3/c1-3-25(19-12-28-13-20(19)26)22(27)16-8-6-7-15(11-16)21-17-9-4-5-10-18(17)23-14(2)24-21/h4-11,19-20,26H,3,12-13H2,1-2H3/t19-,20-/m0/s1. The number of aliphatic hydroxyl groups is 1. The normalized spacial score (nSPS) is 19.1.